The van der Waals surface area contributed by atoms with Gasteiger partial charge in [0.1, 0.15) is 12.0 Å². The number of carbonyl (C=O) groups is 1. The summed E-state index contributed by atoms with van der Waals surface area (Å²) in [7, 11) is 0. The number of ether oxygens (including phenoxy) is 3. The minimum absolute atomic E-state index is 0.0155. The molecule has 3 fully saturated rings. The third-order valence-corrected chi connectivity index (χ3v) is 8.51. The predicted molar refractivity (Wildman–Crippen MR) is 148 cm³/mol. The van der Waals surface area contributed by atoms with Crippen molar-refractivity contribution in [3.05, 3.63) is 66.1 Å². The summed E-state index contributed by atoms with van der Waals surface area (Å²) in [6.45, 7) is 4.02. The SMILES string of the molecule is O=C(c1ccc(-c2c[nH]c3ncnc(Oc4c(F)cc(NC5=NCC6(CC6)CO5)cc4F)c23)cc1)N1CC2(COC2)C1. The Kier molecular flexibility index (Phi) is 5.52. The van der Waals surface area contributed by atoms with Gasteiger partial charge < -0.3 is 29.4 Å². The fourth-order valence-electron chi connectivity index (χ4n) is 5.75. The van der Waals surface area contributed by atoms with Gasteiger partial charge in [-0.15, -0.1) is 0 Å². The van der Waals surface area contributed by atoms with Crippen LogP contribution < -0.4 is 10.1 Å². The van der Waals surface area contributed by atoms with E-state index in [-0.39, 0.29) is 34.3 Å². The van der Waals surface area contributed by atoms with Crippen LogP contribution in [-0.2, 0) is 9.47 Å². The molecule has 10 nitrogen and oxygen atoms in total. The van der Waals surface area contributed by atoms with Crippen LogP contribution in [0.4, 0.5) is 14.5 Å². The van der Waals surface area contributed by atoms with Gasteiger partial charge in [0.15, 0.2) is 11.6 Å². The number of carbonyl (C=O) groups excluding carboxylic acids is 1. The molecule has 0 unspecified atom stereocenters. The molecule has 42 heavy (non-hydrogen) atoms. The summed E-state index contributed by atoms with van der Waals surface area (Å²) in [5, 5.41) is 3.29. The van der Waals surface area contributed by atoms with E-state index in [1.54, 1.807) is 18.3 Å². The second kappa shape index (κ2) is 9.21. The van der Waals surface area contributed by atoms with E-state index in [9.17, 15) is 4.79 Å². The molecule has 2 aromatic heterocycles. The first-order valence-electron chi connectivity index (χ1n) is 13.8. The third kappa shape index (κ3) is 4.25. The van der Waals surface area contributed by atoms with E-state index in [2.05, 4.69) is 25.3 Å². The van der Waals surface area contributed by atoms with Gasteiger partial charge in [0.05, 0.1) is 37.2 Å². The highest BCUT2D eigenvalue weighted by Gasteiger charge is 2.50. The standard InChI is InChI=1S/C30H26F2N6O4/c31-21-7-19(37-28-34-10-29(5-6-29)15-41-28)8-22(32)24(21)42-26-23-20(9-33-25(23)35-16-36-26)17-1-3-18(4-2-17)27(39)38-11-30(12-38)13-40-14-30/h1-4,7-9,16H,5-6,10-15H2,(H,34,37)(H,33,35,36). The normalized spacial score (nSPS) is 19.6. The molecule has 2 spiro atoms. The number of aliphatic imine (C=N–C) groups is 1. The maximum absolute atomic E-state index is 15.1. The Morgan fingerprint density at radius 1 is 1.02 bits per heavy atom. The largest absolute Gasteiger partial charge is 0.464 e. The van der Waals surface area contributed by atoms with E-state index in [0.717, 1.165) is 30.5 Å². The van der Waals surface area contributed by atoms with Gasteiger partial charge in [-0.1, -0.05) is 12.1 Å². The number of amidine groups is 1. The molecule has 3 aliphatic heterocycles. The first-order chi connectivity index (χ1) is 20.4. The molecule has 1 aliphatic carbocycles. The lowest BCUT2D eigenvalue weighted by Gasteiger charge is -2.54. The number of aromatic amines is 1. The number of nitrogens with zero attached hydrogens (tertiary/aromatic N) is 4. The number of hydrogen-bond donors (Lipinski definition) is 2. The van der Waals surface area contributed by atoms with Crippen LogP contribution in [0.3, 0.4) is 0 Å². The number of aromatic nitrogens is 3. The Morgan fingerprint density at radius 3 is 2.43 bits per heavy atom. The van der Waals surface area contributed by atoms with Crippen molar-refractivity contribution >= 4 is 28.6 Å². The molecule has 2 saturated heterocycles. The second-order valence-corrected chi connectivity index (χ2v) is 11.7. The smallest absolute Gasteiger partial charge is 0.289 e. The van der Waals surface area contributed by atoms with E-state index in [1.165, 1.54) is 6.33 Å². The van der Waals surface area contributed by atoms with Crippen molar-refractivity contribution in [2.24, 2.45) is 15.8 Å². The predicted octanol–water partition coefficient (Wildman–Crippen LogP) is 4.75. The van der Waals surface area contributed by atoms with Crippen molar-refractivity contribution in [2.75, 3.05) is 44.8 Å². The first kappa shape index (κ1) is 25.2. The minimum atomic E-state index is -0.916. The van der Waals surface area contributed by atoms with Gasteiger partial charge in [0.2, 0.25) is 11.6 Å². The van der Waals surface area contributed by atoms with Crippen molar-refractivity contribution in [3.63, 3.8) is 0 Å². The number of fused-ring (bicyclic) bond motifs is 1. The number of benzene rings is 2. The quantitative estimate of drug-likeness (QED) is 0.355. The highest BCUT2D eigenvalue weighted by atomic mass is 19.1. The Bertz CT molecular complexity index is 1730. The van der Waals surface area contributed by atoms with Crippen LogP contribution in [0.2, 0.25) is 0 Å². The average Bonchev–Trinajstić information content (AvgIpc) is 3.55. The van der Waals surface area contributed by atoms with Crippen molar-refractivity contribution in [2.45, 2.75) is 12.8 Å². The summed E-state index contributed by atoms with van der Waals surface area (Å²) in [6.07, 6.45) is 5.14. The lowest BCUT2D eigenvalue weighted by Crippen LogP contribution is -2.67. The Hall–Kier alpha value is -4.58. The molecular formula is C30H26F2N6O4. The Morgan fingerprint density at radius 2 is 1.79 bits per heavy atom. The number of anilines is 1. The van der Waals surface area contributed by atoms with Crippen molar-refractivity contribution in [3.8, 4) is 22.8 Å². The van der Waals surface area contributed by atoms with Crippen molar-refractivity contribution < 1.29 is 27.8 Å². The van der Waals surface area contributed by atoms with E-state index in [1.807, 2.05) is 17.0 Å². The number of nitrogens with one attached hydrogen (secondary N) is 2. The van der Waals surface area contributed by atoms with Crippen molar-refractivity contribution in [1.82, 2.24) is 19.9 Å². The maximum Gasteiger partial charge on any atom is 0.289 e. The summed E-state index contributed by atoms with van der Waals surface area (Å²) >= 11 is 0. The summed E-state index contributed by atoms with van der Waals surface area (Å²) in [5.74, 6) is -2.47. The second-order valence-electron chi connectivity index (χ2n) is 11.7. The number of halogens is 2. The molecule has 1 amide bonds. The number of H-pyrrole nitrogens is 1. The molecule has 214 valence electrons. The van der Waals surface area contributed by atoms with Crippen LogP contribution in [0.1, 0.15) is 23.2 Å². The van der Waals surface area contributed by atoms with Crippen molar-refractivity contribution in [1.29, 1.82) is 0 Å². The van der Waals surface area contributed by atoms with Crippen LogP contribution in [0.25, 0.3) is 22.2 Å². The molecule has 0 bridgehead atoms. The van der Waals surface area contributed by atoms with E-state index in [0.29, 0.717) is 61.6 Å². The molecule has 2 aromatic carbocycles. The molecular weight excluding hydrogens is 546 g/mol. The van der Waals surface area contributed by atoms with Gasteiger partial charge in [0.25, 0.3) is 11.9 Å². The lowest BCUT2D eigenvalue weighted by molar-refractivity contribution is -0.176. The number of hydrogen-bond acceptors (Lipinski definition) is 8. The molecule has 4 aromatic rings. The van der Waals surface area contributed by atoms with Gasteiger partial charge in [0, 0.05) is 53.6 Å². The zero-order valence-electron chi connectivity index (χ0n) is 22.5. The molecule has 0 atom stereocenters. The number of amides is 1. The van der Waals surface area contributed by atoms with E-state index in [4.69, 9.17) is 14.2 Å². The summed E-state index contributed by atoms with van der Waals surface area (Å²) in [6, 6.07) is 9.64. The molecule has 5 heterocycles. The molecule has 1 saturated carbocycles. The fourth-order valence-corrected chi connectivity index (χ4v) is 5.75. The molecule has 2 N–H and O–H groups in total. The summed E-state index contributed by atoms with van der Waals surface area (Å²) < 4.78 is 46.9. The van der Waals surface area contributed by atoms with Gasteiger partial charge in [-0.05, 0) is 30.5 Å². The highest BCUT2D eigenvalue weighted by molar-refractivity contribution is 5.99. The van der Waals surface area contributed by atoms with Crippen LogP contribution in [0.5, 0.6) is 11.6 Å². The fraction of sp³-hybridized carbons (Fsp3) is 0.333. The minimum Gasteiger partial charge on any atom is -0.464 e. The number of rotatable bonds is 5. The van der Waals surface area contributed by atoms with Gasteiger partial charge in [-0.2, -0.15) is 0 Å². The van der Waals surface area contributed by atoms with Gasteiger partial charge >= 0.3 is 0 Å². The topological polar surface area (TPSA) is 114 Å². The summed E-state index contributed by atoms with van der Waals surface area (Å²) in [4.78, 5) is 30.6. The van der Waals surface area contributed by atoms with Gasteiger partial charge in [-0.3, -0.25) is 4.79 Å². The van der Waals surface area contributed by atoms with Crippen LogP contribution in [0, 0.1) is 22.5 Å². The average molecular weight is 573 g/mol. The monoisotopic (exact) mass is 572 g/mol. The van der Waals surface area contributed by atoms with Crippen LogP contribution >= 0.6 is 0 Å². The van der Waals surface area contributed by atoms with E-state index >= 15 is 8.78 Å². The zero-order valence-corrected chi connectivity index (χ0v) is 22.5. The molecule has 0 radical (unpaired) electrons. The maximum atomic E-state index is 15.1. The zero-order chi connectivity index (χ0) is 28.5. The molecule has 4 aliphatic rings. The summed E-state index contributed by atoms with van der Waals surface area (Å²) in [5.41, 5.74) is 2.87. The van der Waals surface area contributed by atoms with Crippen LogP contribution in [-0.4, -0.2) is 71.2 Å². The highest BCUT2D eigenvalue weighted by Crippen LogP contribution is 2.47. The van der Waals surface area contributed by atoms with E-state index < -0.39 is 17.4 Å². The Balaban J connectivity index is 1.03. The number of likely N-dealkylation sites (tertiary alicyclic amines) is 1. The molecule has 12 heteroatoms. The van der Waals surface area contributed by atoms with Gasteiger partial charge in [-0.25, -0.2) is 23.7 Å². The first-order valence-corrected chi connectivity index (χ1v) is 13.8. The molecule has 8 rings (SSSR count). The lowest BCUT2D eigenvalue weighted by atomic mass is 9.78. The Labute approximate surface area is 238 Å². The third-order valence-electron chi connectivity index (χ3n) is 8.51. The van der Waals surface area contributed by atoms with Crippen LogP contribution in [0.15, 0.2) is 53.9 Å².